The van der Waals surface area contributed by atoms with Crippen LogP contribution < -0.4 is 5.32 Å². The minimum absolute atomic E-state index is 0.0191. The summed E-state index contributed by atoms with van der Waals surface area (Å²) in [6.07, 6.45) is 6.02. The van der Waals surface area contributed by atoms with Crippen molar-refractivity contribution in [2.24, 2.45) is 0 Å². The Labute approximate surface area is 139 Å². The van der Waals surface area contributed by atoms with Crippen molar-refractivity contribution in [3.63, 3.8) is 0 Å². The van der Waals surface area contributed by atoms with Gasteiger partial charge < -0.3 is 5.32 Å². The summed E-state index contributed by atoms with van der Waals surface area (Å²) in [6, 6.07) is 13.7. The van der Waals surface area contributed by atoms with Crippen LogP contribution in [0.3, 0.4) is 0 Å². The van der Waals surface area contributed by atoms with Crippen LogP contribution in [0.4, 0.5) is 5.13 Å². The summed E-state index contributed by atoms with van der Waals surface area (Å²) < 4.78 is 0. The molecule has 0 saturated carbocycles. The summed E-state index contributed by atoms with van der Waals surface area (Å²) in [5, 5.41) is 3.56. The standard InChI is InChI=1S/C18H17N3OS/c1-2-15(13-6-4-3-5-7-13)17(22)21-18-20-12-16(23-18)14-8-10-19-11-9-14/h3-12,15H,2H2,1H3,(H,20,21,22). The number of carbonyl (C=O) groups excluding carboxylic acids is 1. The third-order valence-electron chi connectivity index (χ3n) is 3.63. The maximum absolute atomic E-state index is 12.5. The molecule has 1 atom stereocenters. The first-order chi connectivity index (χ1) is 11.3. The Morgan fingerprint density at radius 1 is 1.17 bits per heavy atom. The molecule has 0 radical (unpaired) electrons. The van der Waals surface area contributed by atoms with Gasteiger partial charge in [0.25, 0.3) is 0 Å². The second-order valence-corrected chi connectivity index (χ2v) is 6.16. The smallest absolute Gasteiger partial charge is 0.233 e. The molecule has 1 unspecified atom stereocenters. The lowest BCUT2D eigenvalue weighted by Gasteiger charge is -2.13. The molecule has 3 aromatic rings. The zero-order valence-electron chi connectivity index (χ0n) is 12.8. The highest BCUT2D eigenvalue weighted by Gasteiger charge is 2.19. The summed E-state index contributed by atoms with van der Waals surface area (Å²) in [7, 11) is 0. The van der Waals surface area contributed by atoms with Crippen LogP contribution in [0.2, 0.25) is 0 Å². The van der Waals surface area contributed by atoms with E-state index in [0.717, 1.165) is 22.4 Å². The molecule has 1 amide bonds. The van der Waals surface area contributed by atoms with Crippen molar-refractivity contribution in [2.75, 3.05) is 5.32 Å². The summed E-state index contributed by atoms with van der Waals surface area (Å²) in [4.78, 5) is 21.9. The van der Waals surface area contributed by atoms with Gasteiger partial charge in [-0.05, 0) is 29.7 Å². The largest absolute Gasteiger partial charge is 0.301 e. The van der Waals surface area contributed by atoms with E-state index in [9.17, 15) is 4.79 Å². The maximum Gasteiger partial charge on any atom is 0.233 e. The van der Waals surface area contributed by atoms with E-state index in [0.29, 0.717) is 5.13 Å². The molecule has 1 N–H and O–H groups in total. The number of aromatic nitrogens is 2. The predicted octanol–water partition coefficient (Wildman–Crippen LogP) is 4.34. The number of nitrogens with one attached hydrogen (secondary N) is 1. The molecular formula is C18H17N3OS. The number of carbonyl (C=O) groups is 1. The lowest BCUT2D eigenvalue weighted by Crippen LogP contribution is -2.20. The maximum atomic E-state index is 12.5. The molecule has 2 heterocycles. The third kappa shape index (κ3) is 3.63. The Hall–Kier alpha value is -2.53. The fourth-order valence-corrected chi connectivity index (χ4v) is 3.26. The topological polar surface area (TPSA) is 54.9 Å². The van der Waals surface area contributed by atoms with Crippen LogP contribution in [-0.4, -0.2) is 15.9 Å². The average Bonchev–Trinajstić information content (AvgIpc) is 3.06. The number of anilines is 1. The van der Waals surface area contributed by atoms with Crippen LogP contribution in [0.25, 0.3) is 10.4 Å². The predicted molar refractivity (Wildman–Crippen MR) is 93.4 cm³/mol. The van der Waals surface area contributed by atoms with Gasteiger partial charge in [0.1, 0.15) is 0 Å². The number of thiazole rings is 1. The molecule has 2 aromatic heterocycles. The van der Waals surface area contributed by atoms with Gasteiger partial charge in [-0.1, -0.05) is 48.6 Å². The van der Waals surface area contributed by atoms with Crippen LogP contribution in [-0.2, 0) is 4.79 Å². The van der Waals surface area contributed by atoms with Gasteiger partial charge in [-0.2, -0.15) is 0 Å². The second kappa shape index (κ2) is 7.15. The van der Waals surface area contributed by atoms with Gasteiger partial charge in [0.05, 0.1) is 10.8 Å². The van der Waals surface area contributed by atoms with E-state index in [2.05, 4.69) is 15.3 Å². The van der Waals surface area contributed by atoms with Crippen LogP contribution in [0.1, 0.15) is 24.8 Å². The number of pyridine rings is 1. The number of hydrogen-bond acceptors (Lipinski definition) is 4. The Morgan fingerprint density at radius 3 is 2.61 bits per heavy atom. The van der Waals surface area contributed by atoms with E-state index in [1.807, 2.05) is 49.4 Å². The van der Waals surface area contributed by atoms with E-state index in [1.165, 1.54) is 11.3 Å². The Kier molecular flexibility index (Phi) is 4.78. The van der Waals surface area contributed by atoms with Gasteiger partial charge >= 0.3 is 0 Å². The lowest BCUT2D eigenvalue weighted by atomic mass is 9.96. The molecule has 116 valence electrons. The van der Waals surface area contributed by atoms with Crippen LogP contribution >= 0.6 is 11.3 Å². The fourth-order valence-electron chi connectivity index (χ4n) is 2.43. The molecule has 0 fully saturated rings. The summed E-state index contributed by atoms with van der Waals surface area (Å²) in [6.45, 7) is 2.02. The number of benzene rings is 1. The highest BCUT2D eigenvalue weighted by Crippen LogP contribution is 2.29. The minimum atomic E-state index is -0.163. The van der Waals surface area contributed by atoms with Crippen molar-refractivity contribution in [3.8, 4) is 10.4 Å². The van der Waals surface area contributed by atoms with E-state index in [1.54, 1.807) is 18.6 Å². The molecule has 0 spiro atoms. The van der Waals surface area contributed by atoms with E-state index in [4.69, 9.17) is 0 Å². The first kappa shape index (κ1) is 15.4. The van der Waals surface area contributed by atoms with E-state index < -0.39 is 0 Å². The van der Waals surface area contributed by atoms with Gasteiger partial charge in [0, 0.05) is 18.6 Å². The third-order valence-corrected chi connectivity index (χ3v) is 4.59. The Morgan fingerprint density at radius 2 is 1.91 bits per heavy atom. The van der Waals surface area contributed by atoms with Gasteiger partial charge in [-0.25, -0.2) is 4.98 Å². The molecule has 0 bridgehead atoms. The fraction of sp³-hybridized carbons (Fsp3) is 0.167. The summed E-state index contributed by atoms with van der Waals surface area (Å²) in [5.74, 6) is -0.182. The zero-order chi connectivity index (χ0) is 16.1. The van der Waals surface area contributed by atoms with Crippen LogP contribution in [0.5, 0.6) is 0 Å². The molecule has 4 nitrogen and oxygen atoms in total. The van der Waals surface area contributed by atoms with Gasteiger partial charge in [0.2, 0.25) is 5.91 Å². The van der Waals surface area contributed by atoms with Crippen molar-refractivity contribution in [3.05, 3.63) is 66.6 Å². The molecule has 1 aromatic carbocycles. The summed E-state index contributed by atoms with van der Waals surface area (Å²) in [5.41, 5.74) is 2.08. The quantitative estimate of drug-likeness (QED) is 0.760. The SMILES string of the molecule is CCC(C(=O)Nc1ncc(-c2ccncc2)s1)c1ccccc1. The number of rotatable bonds is 5. The second-order valence-electron chi connectivity index (χ2n) is 5.13. The van der Waals surface area contributed by atoms with E-state index in [-0.39, 0.29) is 11.8 Å². The number of nitrogens with zero attached hydrogens (tertiary/aromatic N) is 2. The number of amides is 1. The highest BCUT2D eigenvalue weighted by atomic mass is 32.1. The zero-order valence-corrected chi connectivity index (χ0v) is 13.6. The first-order valence-corrected chi connectivity index (χ1v) is 8.31. The highest BCUT2D eigenvalue weighted by molar-refractivity contribution is 7.19. The Balaban J connectivity index is 1.74. The minimum Gasteiger partial charge on any atom is -0.301 e. The van der Waals surface area contributed by atoms with Crippen molar-refractivity contribution in [1.29, 1.82) is 0 Å². The molecule has 0 aliphatic rings. The van der Waals surface area contributed by atoms with Gasteiger partial charge in [-0.3, -0.25) is 9.78 Å². The van der Waals surface area contributed by atoms with Crippen molar-refractivity contribution < 1.29 is 4.79 Å². The molecule has 5 heteroatoms. The van der Waals surface area contributed by atoms with Crippen molar-refractivity contribution >= 4 is 22.4 Å². The van der Waals surface area contributed by atoms with E-state index >= 15 is 0 Å². The average molecular weight is 323 g/mol. The van der Waals surface area contributed by atoms with Crippen molar-refractivity contribution in [2.45, 2.75) is 19.3 Å². The molecular weight excluding hydrogens is 306 g/mol. The number of hydrogen-bond donors (Lipinski definition) is 1. The lowest BCUT2D eigenvalue weighted by molar-refractivity contribution is -0.117. The molecule has 3 rings (SSSR count). The van der Waals surface area contributed by atoms with Crippen LogP contribution in [0, 0.1) is 0 Å². The molecule has 0 saturated heterocycles. The monoisotopic (exact) mass is 323 g/mol. The van der Waals surface area contributed by atoms with Crippen LogP contribution in [0.15, 0.2) is 61.1 Å². The van der Waals surface area contributed by atoms with Gasteiger partial charge in [0.15, 0.2) is 5.13 Å². The van der Waals surface area contributed by atoms with Crippen molar-refractivity contribution in [1.82, 2.24) is 9.97 Å². The van der Waals surface area contributed by atoms with Gasteiger partial charge in [-0.15, -0.1) is 0 Å². The normalized spacial score (nSPS) is 11.9. The molecule has 0 aliphatic heterocycles. The Bertz CT molecular complexity index is 771. The molecule has 23 heavy (non-hydrogen) atoms. The summed E-state index contributed by atoms with van der Waals surface area (Å²) >= 11 is 1.47. The first-order valence-electron chi connectivity index (χ1n) is 7.50. The molecule has 0 aliphatic carbocycles.